The third-order valence-electron chi connectivity index (χ3n) is 3.12. The van der Waals surface area contributed by atoms with E-state index in [1.807, 2.05) is 36.4 Å². The van der Waals surface area contributed by atoms with Gasteiger partial charge in [-0.05, 0) is 17.2 Å². The zero-order valence-corrected chi connectivity index (χ0v) is 10.8. The highest BCUT2D eigenvalue weighted by molar-refractivity contribution is 7.92. The van der Waals surface area contributed by atoms with Crippen molar-refractivity contribution in [1.29, 1.82) is 5.26 Å². The van der Waals surface area contributed by atoms with E-state index in [1.165, 1.54) is 6.08 Å². The number of nitriles is 1. The van der Waals surface area contributed by atoms with Gasteiger partial charge in [0.15, 0.2) is 14.6 Å². The van der Waals surface area contributed by atoms with Gasteiger partial charge in [-0.3, -0.25) is 0 Å². The molecule has 1 atom stereocenters. The van der Waals surface area contributed by atoms with E-state index >= 15 is 0 Å². The quantitative estimate of drug-likeness (QED) is 0.819. The monoisotopic (exact) mass is 259 g/mol. The maximum Gasteiger partial charge on any atom is 0.179 e. The summed E-state index contributed by atoms with van der Waals surface area (Å²) in [5, 5.41) is 9.12. The summed E-state index contributed by atoms with van der Waals surface area (Å²) in [6, 6.07) is 11.6. The Kier molecular flexibility index (Phi) is 3.10. The molecule has 1 aliphatic carbocycles. The lowest BCUT2D eigenvalue weighted by atomic mass is 9.93. The van der Waals surface area contributed by atoms with Crippen molar-refractivity contribution in [3.63, 3.8) is 0 Å². The summed E-state index contributed by atoms with van der Waals surface area (Å²) in [5.74, 6) is 0. The van der Waals surface area contributed by atoms with Crippen molar-refractivity contribution in [2.75, 3.05) is 6.26 Å². The maximum atomic E-state index is 11.7. The lowest BCUT2D eigenvalue weighted by Crippen LogP contribution is -2.34. The standard InChI is InChI=1S/C14H13NO2S/c1-18(16,17)14(11-15)9-7-13(8-10-14)12-5-3-2-4-6-12/h2-9H,10H2,1H3. The van der Waals surface area contributed by atoms with Gasteiger partial charge in [0.05, 0.1) is 6.07 Å². The molecule has 18 heavy (non-hydrogen) atoms. The van der Waals surface area contributed by atoms with E-state index in [0.29, 0.717) is 0 Å². The molecular formula is C14H13NO2S. The minimum Gasteiger partial charge on any atom is -0.227 e. The first-order valence-electron chi connectivity index (χ1n) is 5.54. The summed E-state index contributed by atoms with van der Waals surface area (Å²) >= 11 is 0. The zero-order chi connectivity index (χ0) is 13.2. The van der Waals surface area contributed by atoms with Crippen molar-refractivity contribution in [3.05, 3.63) is 54.1 Å². The molecule has 0 fully saturated rings. The summed E-state index contributed by atoms with van der Waals surface area (Å²) in [7, 11) is -3.44. The fourth-order valence-electron chi connectivity index (χ4n) is 1.91. The second kappa shape index (κ2) is 4.43. The molecule has 92 valence electrons. The molecule has 4 heteroatoms. The SMILES string of the molecule is CS(=O)(=O)C1(C#N)C=CC(c2ccccc2)=CC1. The highest BCUT2D eigenvalue weighted by Gasteiger charge is 2.39. The first-order valence-corrected chi connectivity index (χ1v) is 7.43. The van der Waals surface area contributed by atoms with Crippen molar-refractivity contribution in [3.8, 4) is 6.07 Å². The van der Waals surface area contributed by atoms with Gasteiger partial charge in [-0.2, -0.15) is 5.26 Å². The van der Waals surface area contributed by atoms with E-state index in [2.05, 4.69) is 0 Å². The fraction of sp³-hybridized carbons (Fsp3) is 0.214. The fourth-order valence-corrected chi connectivity index (χ4v) is 2.77. The predicted molar refractivity (Wildman–Crippen MR) is 71.4 cm³/mol. The molecule has 0 amide bonds. The van der Waals surface area contributed by atoms with Crippen molar-refractivity contribution < 1.29 is 8.42 Å². The first kappa shape index (κ1) is 12.6. The summed E-state index contributed by atoms with van der Waals surface area (Å²) in [5.41, 5.74) is 1.97. The Morgan fingerprint density at radius 1 is 1.28 bits per heavy atom. The summed E-state index contributed by atoms with van der Waals surface area (Å²) in [6.07, 6.45) is 6.30. The van der Waals surface area contributed by atoms with Crippen molar-refractivity contribution in [2.45, 2.75) is 11.2 Å². The molecule has 0 saturated heterocycles. The molecule has 0 spiro atoms. The first-order chi connectivity index (χ1) is 8.48. The molecule has 0 N–H and O–H groups in total. The van der Waals surface area contributed by atoms with Crippen LogP contribution in [0.4, 0.5) is 0 Å². The van der Waals surface area contributed by atoms with Crippen LogP contribution in [0.25, 0.3) is 5.57 Å². The molecule has 1 aliphatic rings. The van der Waals surface area contributed by atoms with E-state index in [0.717, 1.165) is 17.4 Å². The van der Waals surface area contributed by atoms with Crippen LogP contribution in [0, 0.1) is 11.3 Å². The Hall–Kier alpha value is -1.86. The Bertz CT molecular complexity index is 651. The van der Waals surface area contributed by atoms with Gasteiger partial charge in [0.2, 0.25) is 0 Å². The minimum absolute atomic E-state index is 0.197. The normalized spacial score (nSPS) is 23.2. The van der Waals surface area contributed by atoms with E-state index in [-0.39, 0.29) is 6.42 Å². The average molecular weight is 259 g/mol. The number of hydrogen-bond donors (Lipinski definition) is 0. The third kappa shape index (κ3) is 2.09. The van der Waals surface area contributed by atoms with Crippen LogP contribution in [0.3, 0.4) is 0 Å². The van der Waals surface area contributed by atoms with Crippen molar-refractivity contribution in [1.82, 2.24) is 0 Å². The topological polar surface area (TPSA) is 57.9 Å². The minimum atomic E-state index is -3.44. The van der Waals surface area contributed by atoms with E-state index < -0.39 is 14.6 Å². The molecule has 0 radical (unpaired) electrons. The summed E-state index contributed by atoms with van der Waals surface area (Å²) in [4.78, 5) is 0. The van der Waals surface area contributed by atoms with Gasteiger partial charge in [0, 0.05) is 12.7 Å². The second-order valence-corrected chi connectivity index (χ2v) is 6.61. The van der Waals surface area contributed by atoms with Crippen LogP contribution in [-0.4, -0.2) is 19.4 Å². The molecule has 0 bridgehead atoms. The largest absolute Gasteiger partial charge is 0.227 e. The highest BCUT2D eigenvalue weighted by Crippen LogP contribution is 2.31. The van der Waals surface area contributed by atoms with Crippen LogP contribution in [0.1, 0.15) is 12.0 Å². The molecule has 1 aromatic rings. The second-order valence-electron chi connectivity index (χ2n) is 4.34. The van der Waals surface area contributed by atoms with Crippen LogP contribution >= 0.6 is 0 Å². The molecule has 0 aliphatic heterocycles. The molecular weight excluding hydrogens is 246 g/mol. The lowest BCUT2D eigenvalue weighted by Gasteiger charge is -2.23. The molecule has 2 rings (SSSR count). The zero-order valence-electron chi connectivity index (χ0n) is 10.00. The Morgan fingerprint density at radius 2 is 1.94 bits per heavy atom. The highest BCUT2D eigenvalue weighted by atomic mass is 32.2. The van der Waals surface area contributed by atoms with Crippen LogP contribution < -0.4 is 0 Å². The van der Waals surface area contributed by atoms with E-state index in [4.69, 9.17) is 5.26 Å². The smallest absolute Gasteiger partial charge is 0.179 e. The van der Waals surface area contributed by atoms with Gasteiger partial charge in [0.1, 0.15) is 0 Å². The Labute approximate surface area is 107 Å². The molecule has 1 aromatic carbocycles. The van der Waals surface area contributed by atoms with Gasteiger partial charge >= 0.3 is 0 Å². The van der Waals surface area contributed by atoms with Gasteiger partial charge in [-0.15, -0.1) is 0 Å². The third-order valence-corrected chi connectivity index (χ3v) is 4.83. The predicted octanol–water partition coefficient (Wildman–Crippen LogP) is 2.34. The number of nitrogens with zero attached hydrogens (tertiary/aromatic N) is 1. The summed E-state index contributed by atoms with van der Waals surface area (Å²) < 4.78 is 21.9. The van der Waals surface area contributed by atoms with Crippen LogP contribution in [0.5, 0.6) is 0 Å². The number of allylic oxidation sites excluding steroid dienone is 3. The average Bonchev–Trinajstić information content (AvgIpc) is 2.38. The molecule has 3 nitrogen and oxygen atoms in total. The maximum absolute atomic E-state index is 11.7. The van der Waals surface area contributed by atoms with E-state index in [1.54, 1.807) is 12.2 Å². The molecule has 0 saturated carbocycles. The number of sulfone groups is 1. The Balaban J connectivity index is 2.36. The number of rotatable bonds is 2. The summed E-state index contributed by atoms with van der Waals surface area (Å²) in [6.45, 7) is 0. The van der Waals surface area contributed by atoms with Crippen molar-refractivity contribution >= 4 is 15.4 Å². The molecule has 0 heterocycles. The molecule has 0 aromatic heterocycles. The van der Waals surface area contributed by atoms with Crippen molar-refractivity contribution in [2.24, 2.45) is 0 Å². The number of hydrogen-bond acceptors (Lipinski definition) is 3. The van der Waals surface area contributed by atoms with E-state index in [9.17, 15) is 8.42 Å². The van der Waals surface area contributed by atoms with Crippen LogP contribution in [0.15, 0.2) is 48.6 Å². The lowest BCUT2D eigenvalue weighted by molar-refractivity contribution is 0.582. The van der Waals surface area contributed by atoms with Crippen LogP contribution in [-0.2, 0) is 9.84 Å². The molecule has 1 unspecified atom stereocenters. The van der Waals surface area contributed by atoms with Gasteiger partial charge in [-0.1, -0.05) is 42.5 Å². The van der Waals surface area contributed by atoms with Gasteiger partial charge in [-0.25, -0.2) is 8.42 Å². The van der Waals surface area contributed by atoms with Gasteiger partial charge < -0.3 is 0 Å². The van der Waals surface area contributed by atoms with Gasteiger partial charge in [0.25, 0.3) is 0 Å². The Morgan fingerprint density at radius 3 is 2.39 bits per heavy atom. The van der Waals surface area contributed by atoms with Crippen LogP contribution in [0.2, 0.25) is 0 Å². The number of benzene rings is 1.